The molecule has 2 N–H and O–H groups in total. The molecule has 0 aliphatic carbocycles. The van der Waals surface area contributed by atoms with Crippen LogP contribution in [0.1, 0.15) is 0 Å². The van der Waals surface area contributed by atoms with Gasteiger partial charge in [0.15, 0.2) is 6.61 Å². The van der Waals surface area contributed by atoms with Crippen LogP contribution in [0.5, 0.6) is 5.75 Å². The summed E-state index contributed by atoms with van der Waals surface area (Å²) in [5, 5.41) is 23.8. The van der Waals surface area contributed by atoms with Gasteiger partial charge < -0.3 is 20.0 Å². The summed E-state index contributed by atoms with van der Waals surface area (Å²) in [6.07, 6.45) is 1.04. The highest BCUT2D eigenvalue weighted by Crippen LogP contribution is 2.22. The number of aromatic nitrogens is 2. The van der Waals surface area contributed by atoms with E-state index in [9.17, 15) is 14.9 Å². The second kappa shape index (κ2) is 3.52. The molecule has 13 heavy (non-hydrogen) atoms. The van der Waals surface area contributed by atoms with Crippen molar-refractivity contribution < 1.29 is 19.6 Å². The molecule has 0 bridgehead atoms. The second-order valence-electron chi connectivity index (χ2n) is 2.02. The minimum atomic E-state index is -1.21. The van der Waals surface area contributed by atoms with Crippen LogP contribution in [-0.4, -0.2) is 32.8 Å². The van der Waals surface area contributed by atoms with E-state index in [2.05, 4.69) is 14.9 Å². The number of rotatable bonds is 4. The van der Waals surface area contributed by atoms with E-state index in [1.807, 2.05) is 0 Å². The monoisotopic (exact) mass is 187 g/mol. The maximum atomic E-state index is 10.2. The molecule has 8 nitrogen and oxygen atoms in total. The van der Waals surface area contributed by atoms with Crippen molar-refractivity contribution >= 4 is 11.8 Å². The topological polar surface area (TPSA) is 118 Å². The van der Waals surface area contributed by atoms with Crippen LogP contribution in [0.2, 0.25) is 0 Å². The summed E-state index contributed by atoms with van der Waals surface area (Å²) >= 11 is 0. The number of aromatic amines is 1. The lowest BCUT2D eigenvalue weighted by Gasteiger charge is -1.98. The van der Waals surface area contributed by atoms with Gasteiger partial charge in [0, 0.05) is 0 Å². The summed E-state index contributed by atoms with van der Waals surface area (Å²) in [4.78, 5) is 19.5. The number of hydrogen-bond acceptors (Lipinski definition) is 5. The number of carboxylic acid groups (broad SMARTS) is 1. The van der Waals surface area contributed by atoms with Crippen molar-refractivity contribution in [1.29, 1.82) is 0 Å². The number of ether oxygens (including phenoxy) is 1. The first-order chi connectivity index (χ1) is 6.11. The number of nitrogens with zero attached hydrogens (tertiary/aromatic N) is 2. The molecule has 0 fully saturated rings. The smallest absolute Gasteiger partial charge is 0.385 e. The van der Waals surface area contributed by atoms with Gasteiger partial charge in [0.05, 0.1) is 0 Å². The van der Waals surface area contributed by atoms with Crippen molar-refractivity contribution in [2.45, 2.75) is 0 Å². The fraction of sp³-hybridized carbons (Fsp3) is 0.200. The number of nitro groups is 1. The summed E-state index contributed by atoms with van der Waals surface area (Å²) in [7, 11) is 0. The maximum Gasteiger partial charge on any atom is 0.385 e. The Morgan fingerprint density at radius 3 is 3.08 bits per heavy atom. The van der Waals surface area contributed by atoms with Crippen LogP contribution >= 0.6 is 0 Å². The molecule has 1 aromatic heterocycles. The summed E-state index contributed by atoms with van der Waals surface area (Å²) in [5.41, 5.74) is 0. The minimum Gasteiger partial charge on any atom is -0.479 e. The Hall–Kier alpha value is -2.12. The number of H-pyrrole nitrogens is 1. The zero-order valence-corrected chi connectivity index (χ0v) is 6.26. The lowest BCUT2D eigenvalue weighted by atomic mass is 10.6. The Balaban J connectivity index is 2.71. The van der Waals surface area contributed by atoms with Crippen LogP contribution < -0.4 is 4.74 Å². The molecule has 0 amide bonds. The molecule has 0 aromatic carbocycles. The van der Waals surface area contributed by atoms with Crippen LogP contribution in [-0.2, 0) is 4.79 Å². The number of carboxylic acids is 1. The Morgan fingerprint density at radius 1 is 1.85 bits per heavy atom. The fourth-order valence-corrected chi connectivity index (χ4v) is 0.644. The van der Waals surface area contributed by atoms with Crippen molar-refractivity contribution in [3.63, 3.8) is 0 Å². The van der Waals surface area contributed by atoms with Crippen molar-refractivity contribution in [3.8, 4) is 5.75 Å². The highest BCUT2D eigenvalue weighted by Gasteiger charge is 2.16. The summed E-state index contributed by atoms with van der Waals surface area (Å²) in [6, 6.07) is 0. The van der Waals surface area contributed by atoms with Gasteiger partial charge in [-0.05, 0) is 4.92 Å². The van der Waals surface area contributed by atoms with E-state index in [0.29, 0.717) is 0 Å². The van der Waals surface area contributed by atoms with E-state index in [0.717, 1.165) is 6.20 Å². The van der Waals surface area contributed by atoms with Gasteiger partial charge in [0.2, 0.25) is 5.75 Å². The zero-order chi connectivity index (χ0) is 9.84. The molecule has 1 heterocycles. The van der Waals surface area contributed by atoms with E-state index < -0.39 is 23.3 Å². The molecule has 0 saturated carbocycles. The van der Waals surface area contributed by atoms with E-state index in [4.69, 9.17) is 5.11 Å². The van der Waals surface area contributed by atoms with Crippen LogP contribution in [0.4, 0.5) is 5.82 Å². The number of nitrogens with one attached hydrogen (secondary N) is 1. The van der Waals surface area contributed by atoms with Gasteiger partial charge in [0.1, 0.15) is 6.20 Å². The standard InChI is InChI=1S/C5H5N3O5/c9-4(10)2-13-3-1-6-7-5(3)8(11)12/h1H,2H2,(H,6,7)(H,9,10). The third-order valence-electron chi connectivity index (χ3n) is 1.12. The van der Waals surface area contributed by atoms with Crippen LogP contribution in [0, 0.1) is 10.1 Å². The molecule has 1 rings (SSSR count). The molecular formula is C5H5N3O5. The van der Waals surface area contributed by atoms with Gasteiger partial charge in [-0.3, -0.25) is 0 Å². The lowest BCUT2D eigenvalue weighted by molar-refractivity contribution is -0.390. The Bertz CT molecular complexity index is 333. The van der Waals surface area contributed by atoms with Gasteiger partial charge in [0.25, 0.3) is 0 Å². The average molecular weight is 187 g/mol. The summed E-state index contributed by atoms with van der Waals surface area (Å²) < 4.78 is 4.56. The molecule has 8 heteroatoms. The minimum absolute atomic E-state index is 0.188. The van der Waals surface area contributed by atoms with Crippen LogP contribution in [0.25, 0.3) is 0 Å². The Labute approximate surface area is 71.3 Å². The normalized spacial score (nSPS) is 9.54. The van der Waals surface area contributed by atoms with E-state index >= 15 is 0 Å². The van der Waals surface area contributed by atoms with Crippen molar-refractivity contribution in [2.75, 3.05) is 6.61 Å². The molecule has 0 aliphatic heterocycles. The average Bonchev–Trinajstić information content (AvgIpc) is 2.47. The Kier molecular flexibility index (Phi) is 2.43. The predicted octanol–water partition coefficient (Wildman–Crippen LogP) is -0.219. The molecule has 0 atom stereocenters. The summed E-state index contributed by atoms with van der Waals surface area (Å²) in [5.74, 6) is -1.86. The van der Waals surface area contributed by atoms with Gasteiger partial charge in [-0.1, -0.05) is 5.10 Å². The third-order valence-corrected chi connectivity index (χ3v) is 1.12. The molecule has 70 valence electrons. The van der Waals surface area contributed by atoms with Gasteiger partial charge in [-0.15, -0.1) is 5.10 Å². The zero-order valence-electron chi connectivity index (χ0n) is 6.26. The fourth-order valence-electron chi connectivity index (χ4n) is 0.644. The molecular weight excluding hydrogens is 182 g/mol. The highest BCUT2D eigenvalue weighted by molar-refractivity contribution is 5.68. The van der Waals surface area contributed by atoms with Gasteiger partial charge >= 0.3 is 11.8 Å². The molecule has 0 aliphatic rings. The number of hydrogen-bond donors (Lipinski definition) is 2. The van der Waals surface area contributed by atoms with E-state index in [1.54, 1.807) is 0 Å². The lowest BCUT2D eigenvalue weighted by Crippen LogP contribution is -2.09. The first-order valence-electron chi connectivity index (χ1n) is 3.13. The molecule has 1 aromatic rings. The maximum absolute atomic E-state index is 10.2. The molecule has 0 spiro atoms. The number of carbonyl (C=O) groups is 1. The SMILES string of the molecule is O=C(O)COc1cn[nH]c1[N+](=O)[O-]. The summed E-state index contributed by atoms with van der Waals surface area (Å²) in [6.45, 7) is -0.639. The molecule has 0 unspecified atom stereocenters. The van der Waals surface area contributed by atoms with Crippen molar-refractivity contribution in [3.05, 3.63) is 16.3 Å². The second-order valence-corrected chi connectivity index (χ2v) is 2.02. The van der Waals surface area contributed by atoms with Crippen LogP contribution in [0.15, 0.2) is 6.20 Å². The van der Waals surface area contributed by atoms with E-state index in [-0.39, 0.29) is 5.75 Å². The Morgan fingerprint density at radius 2 is 2.54 bits per heavy atom. The van der Waals surface area contributed by atoms with E-state index in [1.165, 1.54) is 0 Å². The third kappa shape index (κ3) is 2.15. The largest absolute Gasteiger partial charge is 0.479 e. The predicted molar refractivity (Wildman–Crippen MR) is 38.4 cm³/mol. The number of aliphatic carboxylic acids is 1. The van der Waals surface area contributed by atoms with Crippen molar-refractivity contribution in [2.24, 2.45) is 0 Å². The first-order valence-corrected chi connectivity index (χ1v) is 3.13. The van der Waals surface area contributed by atoms with Gasteiger partial charge in [-0.25, -0.2) is 4.79 Å². The molecule has 0 radical (unpaired) electrons. The van der Waals surface area contributed by atoms with Gasteiger partial charge in [-0.2, -0.15) is 0 Å². The van der Waals surface area contributed by atoms with Crippen LogP contribution in [0.3, 0.4) is 0 Å². The quantitative estimate of drug-likeness (QED) is 0.496. The molecule has 0 saturated heterocycles. The highest BCUT2D eigenvalue weighted by atomic mass is 16.6. The van der Waals surface area contributed by atoms with Crippen molar-refractivity contribution in [1.82, 2.24) is 10.2 Å². The first kappa shape index (κ1) is 8.97.